The third-order valence-electron chi connectivity index (χ3n) is 3.28. The molecular weight excluding hydrogens is 330 g/mol. The molecule has 18 heavy (non-hydrogen) atoms. The number of hydrogen-bond acceptors (Lipinski definition) is 3. The first-order chi connectivity index (χ1) is 8.61. The zero-order valence-electron chi connectivity index (χ0n) is 10.1. The number of carbonyl (C=O) groups is 1. The highest BCUT2D eigenvalue weighted by molar-refractivity contribution is 9.10. The molecule has 0 aromatic heterocycles. The van der Waals surface area contributed by atoms with Crippen molar-refractivity contribution in [3.05, 3.63) is 28.2 Å². The summed E-state index contributed by atoms with van der Waals surface area (Å²) in [5.41, 5.74) is 0.647. The molecule has 2 rings (SSSR count). The van der Waals surface area contributed by atoms with E-state index in [-0.39, 0.29) is 5.91 Å². The van der Waals surface area contributed by atoms with Crippen molar-refractivity contribution >= 4 is 46.2 Å². The van der Waals surface area contributed by atoms with Gasteiger partial charge in [0, 0.05) is 20.7 Å². The van der Waals surface area contributed by atoms with Crippen molar-refractivity contribution in [3.63, 3.8) is 0 Å². The van der Waals surface area contributed by atoms with Crippen LogP contribution >= 0.6 is 40.3 Å². The Morgan fingerprint density at radius 3 is 2.94 bits per heavy atom. The van der Waals surface area contributed by atoms with Crippen LogP contribution < -0.4 is 5.32 Å². The normalized spacial score (nSPS) is 23.1. The number of carbonyl (C=O) groups excluding carboxylic acids is 1. The van der Waals surface area contributed by atoms with Crippen LogP contribution in [0.25, 0.3) is 0 Å². The monoisotopic (exact) mass is 345 g/mol. The zero-order valence-corrected chi connectivity index (χ0v) is 13.4. The molecular formula is C13H16BrNOS2. The molecule has 0 spiro atoms. The topological polar surface area (TPSA) is 29.1 Å². The first kappa shape index (κ1) is 14.3. The maximum Gasteiger partial charge on any atom is 0.252 e. The van der Waals surface area contributed by atoms with Gasteiger partial charge in [0.2, 0.25) is 0 Å². The van der Waals surface area contributed by atoms with Gasteiger partial charge in [0.05, 0.1) is 5.56 Å². The number of halogens is 1. The van der Waals surface area contributed by atoms with Crippen LogP contribution in [0.15, 0.2) is 27.6 Å². The number of benzene rings is 1. The average Bonchev–Trinajstić information content (AvgIpc) is 2.76. The summed E-state index contributed by atoms with van der Waals surface area (Å²) in [6.45, 7) is 0. The summed E-state index contributed by atoms with van der Waals surface area (Å²) in [7, 11) is 0. The van der Waals surface area contributed by atoms with Crippen molar-refractivity contribution in [3.8, 4) is 0 Å². The van der Waals surface area contributed by atoms with E-state index in [1.165, 1.54) is 12.8 Å². The third kappa shape index (κ3) is 3.25. The molecule has 0 bridgehead atoms. The van der Waals surface area contributed by atoms with E-state index in [2.05, 4.69) is 40.1 Å². The smallest absolute Gasteiger partial charge is 0.252 e. The standard InChI is InChI=1S/C13H16BrNOS2/c1-18-12-4-2-3-10(12)15-13(16)9-6-5-8(14)7-11(9)17/h5-7,10,12,17H,2-4H2,1H3,(H,15,16). The second-order valence-electron chi connectivity index (χ2n) is 4.45. The molecule has 1 aromatic carbocycles. The van der Waals surface area contributed by atoms with Gasteiger partial charge in [-0.25, -0.2) is 0 Å². The van der Waals surface area contributed by atoms with Gasteiger partial charge in [0.15, 0.2) is 0 Å². The van der Waals surface area contributed by atoms with Gasteiger partial charge in [0.25, 0.3) is 5.91 Å². The zero-order chi connectivity index (χ0) is 13.1. The molecule has 1 saturated carbocycles. The van der Waals surface area contributed by atoms with Crippen molar-refractivity contribution in [2.45, 2.75) is 35.4 Å². The fourth-order valence-corrected chi connectivity index (χ4v) is 4.10. The van der Waals surface area contributed by atoms with Gasteiger partial charge in [0.1, 0.15) is 0 Å². The van der Waals surface area contributed by atoms with Crippen LogP contribution in [0.5, 0.6) is 0 Å². The Hall–Kier alpha value is -0.130. The van der Waals surface area contributed by atoms with Gasteiger partial charge in [-0.2, -0.15) is 11.8 Å². The van der Waals surface area contributed by atoms with Crippen LogP contribution in [0, 0.1) is 0 Å². The number of thiol groups is 1. The molecule has 2 unspecified atom stereocenters. The Kier molecular flexibility index (Phi) is 5.04. The molecule has 0 saturated heterocycles. The molecule has 1 aromatic rings. The summed E-state index contributed by atoms with van der Waals surface area (Å²) in [6.07, 6.45) is 5.58. The molecule has 2 atom stereocenters. The van der Waals surface area contributed by atoms with Gasteiger partial charge in [-0.15, -0.1) is 12.6 Å². The Morgan fingerprint density at radius 1 is 1.50 bits per heavy atom. The van der Waals surface area contributed by atoms with E-state index in [9.17, 15) is 4.79 Å². The van der Waals surface area contributed by atoms with Crippen LogP contribution in [0.3, 0.4) is 0 Å². The van der Waals surface area contributed by atoms with Gasteiger partial charge in [-0.05, 0) is 37.3 Å². The molecule has 2 nitrogen and oxygen atoms in total. The van der Waals surface area contributed by atoms with E-state index >= 15 is 0 Å². The van der Waals surface area contributed by atoms with Crippen molar-refractivity contribution in [1.82, 2.24) is 5.32 Å². The van der Waals surface area contributed by atoms with Crippen molar-refractivity contribution < 1.29 is 4.79 Å². The van der Waals surface area contributed by atoms with Crippen molar-refractivity contribution in [2.24, 2.45) is 0 Å². The van der Waals surface area contributed by atoms with E-state index < -0.39 is 0 Å². The van der Waals surface area contributed by atoms with Crippen LogP contribution in [-0.4, -0.2) is 23.5 Å². The predicted molar refractivity (Wildman–Crippen MR) is 83.8 cm³/mol. The molecule has 0 radical (unpaired) electrons. The molecule has 1 aliphatic rings. The van der Waals surface area contributed by atoms with E-state index in [1.807, 2.05) is 30.0 Å². The van der Waals surface area contributed by atoms with Gasteiger partial charge < -0.3 is 5.32 Å². The highest BCUT2D eigenvalue weighted by Crippen LogP contribution is 2.29. The second kappa shape index (κ2) is 6.35. The molecule has 0 aliphatic heterocycles. The minimum Gasteiger partial charge on any atom is -0.348 e. The van der Waals surface area contributed by atoms with Gasteiger partial charge in [-0.1, -0.05) is 22.4 Å². The summed E-state index contributed by atoms with van der Waals surface area (Å²) >= 11 is 9.57. The van der Waals surface area contributed by atoms with Crippen molar-refractivity contribution in [2.75, 3.05) is 6.26 Å². The Balaban J connectivity index is 2.07. The lowest BCUT2D eigenvalue weighted by Gasteiger charge is -2.19. The maximum atomic E-state index is 12.2. The highest BCUT2D eigenvalue weighted by Gasteiger charge is 2.28. The average molecular weight is 346 g/mol. The Bertz CT molecular complexity index is 453. The number of thioether (sulfide) groups is 1. The fourth-order valence-electron chi connectivity index (χ4n) is 2.32. The number of hydrogen-bond donors (Lipinski definition) is 2. The molecule has 0 heterocycles. The van der Waals surface area contributed by atoms with E-state index in [1.54, 1.807) is 0 Å². The summed E-state index contributed by atoms with van der Waals surface area (Å²) in [4.78, 5) is 12.9. The van der Waals surface area contributed by atoms with E-state index in [0.29, 0.717) is 21.8 Å². The van der Waals surface area contributed by atoms with Crippen LogP contribution in [0.1, 0.15) is 29.6 Å². The van der Waals surface area contributed by atoms with E-state index in [4.69, 9.17) is 0 Å². The molecule has 1 N–H and O–H groups in total. The number of nitrogens with one attached hydrogen (secondary N) is 1. The second-order valence-corrected chi connectivity index (χ2v) is 6.92. The first-order valence-electron chi connectivity index (χ1n) is 5.94. The molecule has 5 heteroatoms. The molecule has 1 aliphatic carbocycles. The molecule has 98 valence electrons. The van der Waals surface area contributed by atoms with Crippen molar-refractivity contribution in [1.29, 1.82) is 0 Å². The largest absolute Gasteiger partial charge is 0.348 e. The van der Waals surface area contributed by atoms with E-state index in [0.717, 1.165) is 10.9 Å². The Labute approximate surface area is 126 Å². The van der Waals surface area contributed by atoms with Crippen LogP contribution in [-0.2, 0) is 0 Å². The number of rotatable bonds is 3. The first-order valence-corrected chi connectivity index (χ1v) is 8.47. The quantitative estimate of drug-likeness (QED) is 0.816. The maximum absolute atomic E-state index is 12.2. The lowest BCUT2D eigenvalue weighted by molar-refractivity contribution is 0.0936. The lowest BCUT2D eigenvalue weighted by Crippen LogP contribution is -2.38. The van der Waals surface area contributed by atoms with Gasteiger partial charge in [-0.3, -0.25) is 4.79 Å². The highest BCUT2D eigenvalue weighted by atomic mass is 79.9. The number of amides is 1. The van der Waals surface area contributed by atoms with Gasteiger partial charge >= 0.3 is 0 Å². The summed E-state index contributed by atoms with van der Waals surface area (Å²) in [6, 6.07) is 5.82. The SMILES string of the molecule is CSC1CCCC1NC(=O)c1ccc(Br)cc1S. The minimum absolute atomic E-state index is 0.0153. The predicted octanol–water partition coefficient (Wildman–Crippen LogP) is 3.75. The summed E-state index contributed by atoms with van der Waals surface area (Å²) < 4.78 is 0.937. The molecule has 1 fully saturated rings. The lowest BCUT2D eigenvalue weighted by atomic mass is 10.2. The summed E-state index contributed by atoms with van der Waals surface area (Å²) in [5.74, 6) is -0.0153. The summed E-state index contributed by atoms with van der Waals surface area (Å²) in [5, 5.41) is 3.68. The van der Waals surface area contributed by atoms with Crippen LogP contribution in [0.4, 0.5) is 0 Å². The fraction of sp³-hybridized carbons (Fsp3) is 0.462. The third-order valence-corrected chi connectivity index (χ3v) is 5.31. The minimum atomic E-state index is -0.0153. The van der Waals surface area contributed by atoms with Crippen LogP contribution in [0.2, 0.25) is 0 Å². The molecule has 1 amide bonds. The Morgan fingerprint density at radius 2 is 2.28 bits per heavy atom.